The molecule has 0 bridgehead atoms. The first-order chi connectivity index (χ1) is 16.1. The van der Waals surface area contributed by atoms with Gasteiger partial charge in [0.25, 0.3) is 0 Å². The molecule has 3 aromatic rings. The van der Waals surface area contributed by atoms with E-state index in [4.69, 9.17) is 9.84 Å². The summed E-state index contributed by atoms with van der Waals surface area (Å²) in [6.07, 6.45) is -6.21. The van der Waals surface area contributed by atoms with Gasteiger partial charge in [-0.25, -0.2) is 13.1 Å². The monoisotopic (exact) mass is 496 g/mol. The zero-order valence-electron chi connectivity index (χ0n) is 17.3. The molecule has 1 aliphatic heterocycles. The van der Waals surface area contributed by atoms with E-state index in [1.165, 1.54) is 18.2 Å². The Hall–Kier alpha value is -3.32. The summed E-state index contributed by atoms with van der Waals surface area (Å²) < 4.78 is 74.3. The second-order valence-corrected chi connectivity index (χ2v) is 9.02. The maximum Gasteiger partial charge on any atom is 0.573 e. The maximum absolute atomic E-state index is 12.5. The van der Waals surface area contributed by atoms with Crippen molar-refractivity contribution in [1.29, 1.82) is 0 Å². The number of fused-ring (bicyclic) bond motifs is 2. The van der Waals surface area contributed by atoms with E-state index in [1.807, 2.05) is 0 Å². The summed E-state index contributed by atoms with van der Waals surface area (Å²) in [5.41, 5.74) is 1.48. The molecular weight excluding hydrogens is 477 g/mol. The lowest BCUT2D eigenvalue weighted by molar-refractivity contribution is -0.274. The molecule has 0 aliphatic carbocycles. The van der Waals surface area contributed by atoms with Crippen LogP contribution >= 0.6 is 0 Å². The second kappa shape index (κ2) is 9.14. The van der Waals surface area contributed by atoms with Crippen LogP contribution in [0.1, 0.15) is 11.8 Å². The predicted octanol–water partition coefficient (Wildman–Crippen LogP) is 3.73. The fraction of sp³-hybridized carbons (Fsp3) is 0.182. The van der Waals surface area contributed by atoms with E-state index in [-0.39, 0.29) is 35.2 Å². The minimum Gasteiger partial charge on any atom is -0.455 e. The van der Waals surface area contributed by atoms with Gasteiger partial charge in [0.2, 0.25) is 10.0 Å². The van der Waals surface area contributed by atoms with Crippen molar-refractivity contribution in [1.82, 2.24) is 4.72 Å². The molecule has 4 N–H and O–H groups in total. The lowest BCUT2D eigenvalue weighted by Gasteiger charge is -2.15. The number of alkyl halides is 3. The molecule has 1 atom stereocenters. The highest BCUT2D eigenvalue weighted by Gasteiger charge is 2.32. The number of benzene rings is 3. The summed E-state index contributed by atoms with van der Waals surface area (Å²) >= 11 is 0. The molecule has 1 heterocycles. The quantitative estimate of drug-likeness (QED) is 0.411. The third-order valence-electron chi connectivity index (χ3n) is 4.88. The van der Waals surface area contributed by atoms with E-state index in [2.05, 4.69) is 14.8 Å². The molecule has 0 radical (unpaired) electrons. The normalized spacial score (nSPS) is 15.4. The zero-order chi connectivity index (χ0) is 24.5. The van der Waals surface area contributed by atoms with Gasteiger partial charge in [-0.2, -0.15) is 0 Å². The molecule has 34 heavy (non-hydrogen) atoms. The predicted molar refractivity (Wildman–Crippen MR) is 116 cm³/mol. The van der Waals surface area contributed by atoms with Crippen molar-refractivity contribution in [3.05, 3.63) is 66.2 Å². The lowest BCUT2D eigenvalue weighted by atomic mass is 10.0. The molecule has 8 nitrogen and oxygen atoms in total. The highest BCUT2D eigenvalue weighted by atomic mass is 32.2. The number of rotatable bonds is 6. The Morgan fingerprint density at radius 2 is 1.76 bits per heavy atom. The average Bonchev–Trinajstić information content (AvgIpc) is 2.92. The summed E-state index contributed by atoms with van der Waals surface area (Å²) in [7, 11) is -3.83. The van der Waals surface area contributed by atoms with Gasteiger partial charge >= 0.3 is 6.36 Å². The van der Waals surface area contributed by atoms with Crippen molar-refractivity contribution in [3.8, 4) is 28.4 Å². The molecular formula is C22H19F3N2O6S. The minimum atomic E-state index is -4.87. The number of aliphatic hydroxyl groups is 2. The number of halogens is 3. The first-order valence-corrected chi connectivity index (χ1v) is 11.4. The van der Waals surface area contributed by atoms with Crippen LogP contribution in [0, 0.1) is 0 Å². The van der Waals surface area contributed by atoms with Gasteiger partial charge in [0.15, 0.2) is 12.0 Å². The van der Waals surface area contributed by atoms with Gasteiger partial charge in [-0.1, -0.05) is 18.2 Å². The molecule has 0 spiro atoms. The lowest BCUT2D eigenvalue weighted by Crippen LogP contribution is -2.26. The van der Waals surface area contributed by atoms with E-state index in [0.29, 0.717) is 16.7 Å². The fourth-order valence-electron chi connectivity index (χ4n) is 3.39. The van der Waals surface area contributed by atoms with Crippen LogP contribution in [0.25, 0.3) is 11.1 Å². The van der Waals surface area contributed by atoms with Crippen molar-refractivity contribution in [2.24, 2.45) is 0 Å². The van der Waals surface area contributed by atoms with E-state index in [9.17, 15) is 26.7 Å². The van der Waals surface area contributed by atoms with Crippen molar-refractivity contribution in [3.63, 3.8) is 0 Å². The number of anilines is 1. The van der Waals surface area contributed by atoms with E-state index in [0.717, 1.165) is 12.1 Å². The second-order valence-electron chi connectivity index (χ2n) is 7.26. The summed E-state index contributed by atoms with van der Waals surface area (Å²) in [6.45, 7) is -0.474. The fourth-order valence-corrected chi connectivity index (χ4v) is 4.46. The molecule has 0 amide bonds. The molecule has 0 saturated carbocycles. The highest BCUT2D eigenvalue weighted by Crippen LogP contribution is 2.42. The van der Waals surface area contributed by atoms with Gasteiger partial charge < -0.3 is 25.0 Å². The van der Waals surface area contributed by atoms with Crippen LogP contribution in [0.3, 0.4) is 0 Å². The Labute approximate surface area is 192 Å². The highest BCUT2D eigenvalue weighted by molar-refractivity contribution is 7.89. The van der Waals surface area contributed by atoms with Crippen molar-refractivity contribution in [2.45, 2.75) is 17.5 Å². The minimum absolute atomic E-state index is 0.00656. The van der Waals surface area contributed by atoms with Crippen LogP contribution in [0.4, 0.5) is 18.9 Å². The molecule has 4 rings (SSSR count). The van der Waals surface area contributed by atoms with Gasteiger partial charge in [0, 0.05) is 18.2 Å². The maximum atomic E-state index is 12.5. The molecule has 0 fully saturated rings. The third-order valence-corrected chi connectivity index (χ3v) is 6.34. The Balaban J connectivity index is 1.65. The van der Waals surface area contributed by atoms with Crippen LogP contribution in [-0.4, -0.2) is 38.1 Å². The summed E-state index contributed by atoms with van der Waals surface area (Å²) in [4.78, 5) is -0.00656. The topological polar surface area (TPSA) is 117 Å². The number of hydrogen-bond donors (Lipinski definition) is 4. The molecule has 0 saturated heterocycles. The Morgan fingerprint density at radius 3 is 2.50 bits per heavy atom. The standard InChI is InChI=1S/C22H19F3N2O6S/c23-22(24,25)33-15-5-7-20-18(12-15)27-21(29)17-11-14(4-6-19(17)32-20)13-2-1-3-16(10-13)34(30,31)26-8-9-28/h1-7,10-12,21,26-29H,8-9H2. The number of nitrogens with one attached hydrogen (secondary N) is 2. The molecule has 0 aromatic heterocycles. The van der Waals surface area contributed by atoms with Gasteiger partial charge in [0.05, 0.1) is 17.2 Å². The van der Waals surface area contributed by atoms with Gasteiger partial charge in [0.1, 0.15) is 11.5 Å². The Kier molecular flexibility index (Phi) is 6.41. The Bertz CT molecular complexity index is 1310. The molecule has 1 aliphatic rings. The van der Waals surface area contributed by atoms with Gasteiger partial charge in [-0.15, -0.1) is 13.2 Å². The van der Waals surface area contributed by atoms with Crippen LogP contribution in [-0.2, 0) is 10.0 Å². The summed E-state index contributed by atoms with van der Waals surface area (Å²) in [5.74, 6) is -0.0301. The van der Waals surface area contributed by atoms with Gasteiger partial charge in [-0.3, -0.25) is 0 Å². The average molecular weight is 496 g/mol. The van der Waals surface area contributed by atoms with Crippen molar-refractivity contribution >= 4 is 15.7 Å². The molecule has 1 unspecified atom stereocenters. The van der Waals surface area contributed by atoms with Crippen molar-refractivity contribution in [2.75, 3.05) is 18.5 Å². The van der Waals surface area contributed by atoms with Crippen molar-refractivity contribution < 1.29 is 41.3 Å². The van der Waals surface area contributed by atoms with Crippen LogP contribution in [0.5, 0.6) is 17.2 Å². The van der Waals surface area contributed by atoms with E-state index in [1.54, 1.807) is 30.3 Å². The number of sulfonamides is 1. The molecule has 3 aromatic carbocycles. The smallest absolute Gasteiger partial charge is 0.455 e. The Morgan fingerprint density at radius 1 is 1.03 bits per heavy atom. The van der Waals surface area contributed by atoms with Crippen LogP contribution in [0.2, 0.25) is 0 Å². The summed E-state index contributed by atoms with van der Waals surface area (Å²) in [6, 6.07) is 14.3. The molecule has 180 valence electrons. The number of aliphatic hydroxyl groups excluding tert-OH is 2. The first kappa shape index (κ1) is 23.8. The summed E-state index contributed by atoms with van der Waals surface area (Å²) in [5, 5.41) is 22.3. The largest absolute Gasteiger partial charge is 0.573 e. The zero-order valence-corrected chi connectivity index (χ0v) is 18.2. The number of hydrogen-bond acceptors (Lipinski definition) is 7. The van der Waals surface area contributed by atoms with Gasteiger partial charge in [-0.05, 0) is 47.5 Å². The molecule has 12 heteroatoms. The van der Waals surface area contributed by atoms with Crippen LogP contribution < -0.4 is 19.5 Å². The number of ether oxygens (including phenoxy) is 2. The first-order valence-electron chi connectivity index (χ1n) is 9.93. The van der Waals surface area contributed by atoms with Crippen LogP contribution in [0.15, 0.2) is 65.6 Å². The SMILES string of the molecule is O=S(=O)(NCCO)c1cccc(-c2ccc3c(c2)C(O)Nc2cc(OC(F)(F)F)ccc2O3)c1. The van der Waals surface area contributed by atoms with E-state index < -0.39 is 28.4 Å². The van der Waals surface area contributed by atoms with E-state index >= 15 is 0 Å². The third kappa shape index (κ3) is 5.25.